The third-order valence-corrected chi connectivity index (χ3v) is 6.61. The van der Waals surface area contributed by atoms with Gasteiger partial charge in [-0.25, -0.2) is 0 Å². The highest BCUT2D eigenvalue weighted by Gasteiger charge is 2.62. The summed E-state index contributed by atoms with van der Waals surface area (Å²) in [7, 11) is 0. The zero-order valence-electron chi connectivity index (χ0n) is 15.9. The molecule has 2 aromatic rings. The molecular formula is C24H23NO4. The Kier molecular flexibility index (Phi) is 4.38. The van der Waals surface area contributed by atoms with Gasteiger partial charge in [0.1, 0.15) is 12.4 Å². The molecule has 4 aliphatic rings. The molecule has 5 heteroatoms. The lowest BCUT2D eigenvalue weighted by Crippen LogP contribution is -2.48. The summed E-state index contributed by atoms with van der Waals surface area (Å²) < 4.78 is 5.78. The van der Waals surface area contributed by atoms with Crippen LogP contribution in [0.4, 0.5) is 5.69 Å². The number of fused-ring (bicyclic) bond motifs is 1. The van der Waals surface area contributed by atoms with Crippen LogP contribution in [0, 0.1) is 35.5 Å². The van der Waals surface area contributed by atoms with Crippen LogP contribution in [0.3, 0.4) is 0 Å². The van der Waals surface area contributed by atoms with E-state index >= 15 is 0 Å². The van der Waals surface area contributed by atoms with Crippen molar-refractivity contribution in [3.8, 4) is 5.75 Å². The molecule has 0 saturated heterocycles. The van der Waals surface area contributed by atoms with Crippen molar-refractivity contribution in [2.24, 2.45) is 35.5 Å². The minimum Gasteiger partial charge on any atom is -0.489 e. The van der Waals surface area contributed by atoms with E-state index in [9.17, 15) is 14.7 Å². The van der Waals surface area contributed by atoms with E-state index in [-0.39, 0.29) is 17.7 Å². The van der Waals surface area contributed by atoms with Gasteiger partial charge in [0.25, 0.3) is 0 Å². The van der Waals surface area contributed by atoms with Crippen LogP contribution in [0.2, 0.25) is 0 Å². The van der Waals surface area contributed by atoms with E-state index in [0.29, 0.717) is 24.1 Å². The zero-order chi connectivity index (χ0) is 20.0. The van der Waals surface area contributed by atoms with Gasteiger partial charge in [0, 0.05) is 5.69 Å². The van der Waals surface area contributed by atoms with Gasteiger partial charge in [-0.15, -0.1) is 0 Å². The van der Waals surface area contributed by atoms with E-state index in [1.54, 1.807) is 12.1 Å². The number of carboxylic acid groups (broad SMARTS) is 1. The van der Waals surface area contributed by atoms with E-state index in [1.807, 2.05) is 48.5 Å². The van der Waals surface area contributed by atoms with Gasteiger partial charge in [-0.2, -0.15) is 0 Å². The monoisotopic (exact) mass is 389 g/mol. The van der Waals surface area contributed by atoms with Crippen LogP contribution < -0.4 is 10.1 Å². The van der Waals surface area contributed by atoms with Crippen molar-refractivity contribution in [3.63, 3.8) is 0 Å². The van der Waals surface area contributed by atoms with Crippen molar-refractivity contribution in [2.75, 3.05) is 5.32 Å². The van der Waals surface area contributed by atoms with Crippen molar-refractivity contribution < 1.29 is 19.4 Å². The summed E-state index contributed by atoms with van der Waals surface area (Å²) in [4.78, 5) is 24.9. The lowest BCUT2D eigenvalue weighted by atomic mass is 9.62. The number of ether oxygens (including phenoxy) is 1. The summed E-state index contributed by atoms with van der Waals surface area (Å²) >= 11 is 0. The molecule has 6 rings (SSSR count). The average molecular weight is 389 g/mol. The van der Waals surface area contributed by atoms with Gasteiger partial charge in [-0.1, -0.05) is 42.5 Å². The predicted octanol–water partition coefficient (Wildman–Crippen LogP) is 3.97. The first-order valence-electron chi connectivity index (χ1n) is 10.1. The fraction of sp³-hybridized carbons (Fsp3) is 0.333. The van der Waals surface area contributed by atoms with Crippen LogP contribution in [0.1, 0.15) is 12.0 Å². The molecule has 6 atom stereocenters. The number of hydrogen-bond acceptors (Lipinski definition) is 3. The number of rotatable bonds is 6. The topological polar surface area (TPSA) is 75.6 Å². The lowest BCUT2D eigenvalue weighted by molar-refractivity contribution is -0.152. The number of allylic oxidation sites excluding steroid dienone is 2. The maximum atomic E-state index is 13.0. The van der Waals surface area contributed by atoms with E-state index in [2.05, 4.69) is 11.4 Å². The van der Waals surface area contributed by atoms with Crippen molar-refractivity contribution in [1.29, 1.82) is 0 Å². The van der Waals surface area contributed by atoms with E-state index in [0.717, 1.165) is 17.7 Å². The quantitative estimate of drug-likeness (QED) is 0.733. The zero-order valence-corrected chi connectivity index (χ0v) is 15.9. The number of carboxylic acids is 1. The summed E-state index contributed by atoms with van der Waals surface area (Å²) in [6.45, 7) is 0.479. The standard InChI is InChI=1S/C24H23NO4/c26-23(21-17-10-11-18(20-12-19(17)20)22(21)24(27)28)25-15-6-8-16(9-7-15)29-13-14-4-2-1-3-5-14/h1-11,17-22H,12-13H2,(H,25,26)(H,27,28). The van der Waals surface area contributed by atoms with E-state index in [4.69, 9.17) is 4.74 Å². The molecule has 29 heavy (non-hydrogen) atoms. The molecule has 6 unspecified atom stereocenters. The van der Waals surface area contributed by atoms with Gasteiger partial charge in [-0.05, 0) is 59.9 Å². The molecule has 0 aromatic heterocycles. The second kappa shape index (κ2) is 7.07. The molecule has 0 heterocycles. The second-order valence-electron chi connectivity index (χ2n) is 8.28. The third kappa shape index (κ3) is 3.31. The van der Waals surface area contributed by atoms with Crippen molar-refractivity contribution in [2.45, 2.75) is 13.0 Å². The number of carbonyl (C=O) groups is 2. The molecule has 0 spiro atoms. The normalized spacial score (nSPS) is 31.0. The van der Waals surface area contributed by atoms with E-state index < -0.39 is 17.8 Å². The highest BCUT2D eigenvalue weighted by molar-refractivity contribution is 5.96. The Morgan fingerprint density at radius 2 is 1.59 bits per heavy atom. The summed E-state index contributed by atoms with van der Waals surface area (Å²) in [6, 6.07) is 17.1. The van der Waals surface area contributed by atoms with Crippen LogP contribution in [-0.4, -0.2) is 17.0 Å². The molecule has 2 N–H and O–H groups in total. The molecule has 2 bridgehead atoms. The van der Waals surface area contributed by atoms with Gasteiger partial charge >= 0.3 is 5.97 Å². The second-order valence-corrected chi connectivity index (χ2v) is 8.28. The first kappa shape index (κ1) is 18.0. The summed E-state index contributed by atoms with van der Waals surface area (Å²) in [5.41, 5.74) is 1.74. The van der Waals surface area contributed by atoms with Crippen LogP contribution >= 0.6 is 0 Å². The molecule has 2 saturated carbocycles. The SMILES string of the molecule is O=C(O)C1C2C=CC(C3CC23)C1C(=O)Nc1ccc(OCc2ccccc2)cc1. The minimum absolute atomic E-state index is 0.00740. The Morgan fingerprint density at radius 3 is 2.24 bits per heavy atom. The summed E-state index contributed by atoms with van der Waals surface area (Å²) in [5, 5.41) is 12.7. The first-order chi connectivity index (χ1) is 14.1. The molecule has 2 aromatic carbocycles. The van der Waals surface area contributed by atoms with Crippen molar-refractivity contribution >= 4 is 17.6 Å². The van der Waals surface area contributed by atoms with Gasteiger partial charge in [0.05, 0.1) is 11.8 Å². The average Bonchev–Trinajstić information content (AvgIpc) is 3.56. The van der Waals surface area contributed by atoms with Gasteiger partial charge in [0.2, 0.25) is 5.91 Å². The Hall–Kier alpha value is -3.08. The molecule has 2 fully saturated rings. The Morgan fingerprint density at radius 1 is 0.931 bits per heavy atom. The highest BCUT2D eigenvalue weighted by atomic mass is 16.5. The first-order valence-corrected chi connectivity index (χ1v) is 10.1. The number of hydrogen-bond donors (Lipinski definition) is 2. The van der Waals surface area contributed by atoms with Gasteiger partial charge in [-0.3, -0.25) is 9.59 Å². The fourth-order valence-electron chi connectivity index (χ4n) is 5.17. The van der Waals surface area contributed by atoms with Crippen LogP contribution in [0.15, 0.2) is 66.7 Å². The number of carbonyl (C=O) groups excluding carboxylic acids is 1. The number of nitrogens with one attached hydrogen (secondary N) is 1. The van der Waals surface area contributed by atoms with Crippen LogP contribution in [0.25, 0.3) is 0 Å². The van der Waals surface area contributed by atoms with Gasteiger partial charge in [0.15, 0.2) is 0 Å². The largest absolute Gasteiger partial charge is 0.489 e. The fourth-order valence-corrected chi connectivity index (χ4v) is 5.17. The maximum absolute atomic E-state index is 13.0. The molecule has 0 aliphatic heterocycles. The van der Waals surface area contributed by atoms with Crippen LogP contribution in [-0.2, 0) is 16.2 Å². The molecule has 4 aliphatic carbocycles. The number of aliphatic carboxylic acids is 1. The van der Waals surface area contributed by atoms with E-state index in [1.165, 1.54) is 0 Å². The molecule has 148 valence electrons. The van der Waals surface area contributed by atoms with Crippen LogP contribution in [0.5, 0.6) is 5.75 Å². The Bertz CT molecular complexity index is 953. The molecular weight excluding hydrogens is 366 g/mol. The summed E-state index contributed by atoms with van der Waals surface area (Å²) in [5.74, 6) is -0.495. The maximum Gasteiger partial charge on any atom is 0.307 e. The van der Waals surface area contributed by atoms with Crippen molar-refractivity contribution in [1.82, 2.24) is 0 Å². The van der Waals surface area contributed by atoms with Crippen molar-refractivity contribution in [3.05, 3.63) is 72.3 Å². The highest BCUT2D eigenvalue weighted by Crippen LogP contribution is 2.63. The minimum atomic E-state index is -0.862. The third-order valence-electron chi connectivity index (χ3n) is 6.61. The summed E-state index contributed by atoms with van der Waals surface area (Å²) in [6.07, 6.45) is 5.15. The lowest BCUT2D eigenvalue weighted by Gasteiger charge is -2.41. The molecule has 5 nitrogen and oxygen atoms in total. The van der Waals surface area contributed by atoms with Gasteiger partial charge < -0.3 is 15.2 Å². The smallest absolute Gasteiger partial charge is 0.307 e. The number of anilines is 1. The number of benzene rings is 2. The molecule has 1 amide bonds. The predicted molar refractivity (Wildman–Crippen MR) is 108 cm³/mol. The molecule has 0 radical (unpaired) electrons. The Balaban J connectivity index is 1.25. The number of amides is 1. The Labute approximate surface area is 169 Å².